The topological polar surface area (TPSA) is 119 Å². The largest absolute Gasteiger partial charge is 0.354 e. The predicted molar refractivity (Wildman–Crippen MR) is 75.4 cm³/mol. The van der Waals surface area contributed by atoms with Gasteiger partial charge in [0.25, 0.3) is 11.4 Å². The van der Waals surface area contributed by atoms with Crippen molar-refractivity contribution >= 4 is 33.2 Å². The first kappa shape index (κ1) is 12.7. The average molecular weight is 285 g/mol. The Bertz CT molecular complexity index is 977. The Morgan fingerprint density at radius 1 is 0.810 bits per heavy atom. The highest BCUT2D eigenvalue weighted by molar-refractivity contribution is 5.94. The van der Waals surface area contributed by atoms with Crippen molar-refractivity contribution in [2.75, 3.05) is 0 Å². The van der Waals surface area contributed by atoms with Crippen LogP contribution in [0.5, 0.6) is 0 Å². The number of nitro benzene ring substituents is 2. The number of H-pyrrole nitrogens is 1. The molecule has 1 heterocycles. The van der Waals surface area contributed by atoms with Gasteiger partial charge < -0.3 is 4.98 Å². The second-order valence-corrected chi connectivity index (χ2v) is 4.43. The first-order chi connectivity index (χ1) is 9.97. The fourth-order valence-corrected chi connectivity index (χ4v) is 2.18. The third kappa shape index (κ3) is 1.98. The molecule has 1 aromatic heterocycles. The van der Waals surface area contributed by atoms with Gasteiger partial charge >= 0.3 is 0 Å². The van der Waals surface area contributed by atoms with Gasteiger partial charge in [-0.15, -0.1) is 0 Å². The molecule has 1 N–H and O–H groups in total. The molecule has 0 bridgehead atoms. The summed E-state index contributed by atoms with van der Waals surface area (Å²) >= 11 is 0. The van der Waals surface area contributed by atoms with Gasteiger partial charge in [0.2, 0.25) is 0 Å². The zero-order valence-corrected chi connectivity index (χ0v) is 10.4. The van der Waals surface area contributed by atoms with E-state index in [9.17, 15) is 25.0 Å². The molecule has 0 atom stereocenters. The van der Waals surface area contributed by atoms with E-state index < -0.39 is 15.3 Å². The molecule has 0 amide bonds. The van der Waals surface area contributed by atoms with Crippen molar-refractivity contribution in [2.45, 2.75) is 0 Å². The van der Waals surface area contributed by atoms with Crippen LogP contribution in [0.1, 0.15) is 0 Å². The van der Waals surface area contributed by atoms with Gasteiger partial charge in [0, 0.05) is 29.7 Å². The van der Waals surface area contributed by atoms with Crippen LogP contribution in [0.15, 0.2) is 41.2 Å². The minimum Gasteiger partial charge on any atom is -0.354 e. The Kier molecular flexibility index (Phi) is 2.65. The predicted octanol–water partition coefficient (Wildman–Crippen LogP) is 2.50. The normalized spacial score (nSPS) is 10.9. The first-order valence-electron chi connectivity index (χ1n) is 5.86. The van der Waals surface area contributed by atoms with Crippen LogP contribution in [0, 0.1) is 20.2 Å². The lowest BCUT2D eigenvalue weighted by Crippen LogP contribution is -2.05. The van der Waals surface area contributed by atoms with Crippen molar-refractivity contribution in [3.63, 3.8) is 0 Å². The second kappa shape index (κ2) is 4.37. The van der Waals surface area contributed by atoms with Crippen LogP contribution in [0.2, 0.25) is 0 Å². The van der Waals surface area contributed by atoms with Gasteiger partial charge in [-0.1, -0.05) is 0 Å². The summed E-state index contributed by atoms with van der Waals surface area (Å²) in [7, 11) is 0. The molecule has 2 aromatic carbocycles. The molecule has 0 radical (unpaired) electrons. The summed E-state index contributed by atoms with van der Waals surface area (Å²) in [6, 6.07) is 7.69. The maximum atomic E-state index is 12.3. The maximum absolute atomic E-state index is 12.3. The number of hydrogen-bond donors (Lipinski definition) is 1. The zero-order chi connectivity index (χ0) is 15.1. The number of non-ortho nitro benzene ring substituents is 2. The lowest BCUT2D eigenvalue weighted by Gasteiger charge is -2.02. The SMILES string of the molecule is O=c1c2ccc([N+](=O)[O-])cc2[nH]c2ccc([N+](=O)[O-])cc12. The summed E-state index contributed by atoms with van der Waals surface area (Å²) in [5, 5.41) is 21.9. The fourth-order valence-electron chi connectivity index (χ4n) is 2.18. The summed E-state index contributed by atoms with van der Waals surface area (Å²) in [6.07, 6.45) is 0. The number of rotatable bonds is 2. The molecule has 104 valence electrons. The second-order valence-electron chi connectivity index (χ2n) is 4.43. The number of nitrogens with zero attached hydrogens (tertiary/aromatic N) is 2. The maximum Gasteiger partial charge on any atom is 0.271 e. The monoisotopic (exact) mass is 285 g/mol. The summed E-state index contributed by atoms with van der Waals surface area (Å²) < 4.78 is 0. The van der Waals surface area contributed by atoms with Crippen LogP contribution in [-0.4, -0.2) is 14.8 Å². The average Bonchev–Trinajstić information content (AvgIpc) is 2.46. The summed E-state index contributed by atoms with van der Waals surface area (Å²) in [5.74, 6) is 0. The smallest absolute Gasteiger partial charge is 0.271 e. The fraction of sp³-hybridized carbons (Fsp3) is 0. The molecule has 0 aliphatic carbocycles. The van der Waals surface area contributed by atoms with Crippen molar-refractivity contribution in [3.8, 4) is 0 Å². The van der Waals surface area contributed by atoms with Gasteiger partial charge in [0.15, 0.2) is 5.43 Å². The lowest BCUT2D eigenvalue weighted by molar-refractivity contribution is -0.384. The van der Waals surface area contributed by atoms with Gasteiger partial charge in [0.05, 0.1) is 26.3 Å². The molecule has 0 spiro atoms. The number of pyridine rings is 1. The zero-order valence-electron chi connectivity index (χ0n) is 10.4. The summed E-state index contributed by atoms with van der Waals surface area (Å²) in [6.45, 7) is 0. The number of aromatic amines is 1. The van der Waals surface area contributed by atoms with Crippen LogP contribution in [0.3, 0.4) is 0 Å². The molecule has 3 rings (SSSR count). The first-order valence-corrected chi connectivity index (χ1v) is 5.86. The molecule has 0 unspecified atom stereocenters. The van der Waals surface area contributed by atoms with E-state index in [1.807, 2.05) is 0 Å². The number of benzene rings is 2. The van der Waals surface area contributed by atoms with Gasteiger partial charge in [-0.05, 0) is 12.1 Å². The van der Waals surface area contributed by atoms with Gasteiger partial charge in [0.1, 0.15) is 0 Å². The number of nitrogens with one attached hydrogen (secondary N) is 1. The molecule has 0 aliphatic rings. The van der Waals surface area contributed by atoms with E-state index in [0.29, 0.717) is 11.0 Å². The van der Waals surface area contributed by atoms with E-state index >= 15 is 0 Å². The Morgan fingerprint density at radius 2 is 1.43 bits per heavy atom. The standard InChI is InChI=1S/C13H7N3O5/c17-13-9-3-1-8(16(20)21)6-12(9)14-11-4-2-7(15(18)19)5-10(11)13/h1-6H,(H,14,17). The Labute approximate surface area is 115 Å². The molecule has 8 nitrogen and oxygen atoms in total. The van der Waals surface area contributed by atoms with Crippen LogP contribution >= 0.6 is 0 Å². The van der Waals surface area contributed by atoms with Crippen LogP contribution in [0.4, 0.5) is 11.4 Å². The van der Waals surface area contributed by atoms with Crippen LogP contribution in [0.25, 0.3) is 21.8 Å². The molecule has 0 fully saturated rings. The van der Waals surface area contributed by atoms with Crippen molar-refractivity contribution in [2.24, 2.45) is 0 Å². The summed E-state index contributed by atoms with van der Waals surface area (Å²) in [5.41, 5.74) is -0.0276. The van der Waals surface area contributed by atoms with Gasteiger partial charge in [-0.25, -0.2) is 0 Å². The van der Waals surface area contributed by atoms with E-state index in [4.69, 9.17) is 0 Å². The third-order valence-corrected chi connectivity index (χ3v) is 3.19. The number of aromatic nitrogens is 1. The third-order valence-electron chi connectivity index (χ3n) is 3.19. The Balaban J connectivity index is 2.40. The van der Waals surface area contributed by atoms with Gasteiger partial charge in [-0.3, -0.25) is 25.0 Å². The molecule has 0 saturated heterocycles. The molecular weight excluding hydrogens is 278 g/mol. The van der Waals surface area contributed by atoms with E-state index in [2.05, 4.69) is 4.98 Å². The molecule has 21 heavy (non-hydrogen) atoms. The van der Waals surface area contributed by atoms with E-state index in [1.54, 1.807) is 0 Å². The highest BCUT2D eigenvalue weighted by Crippen LogP contribution is 2.22. The van der Waals surface area contributed by atoms with E-state index in [1.165, 1.54) is 36.4 Å². The quantitative estimate of drug-likeness (QED) is 0.440. The number of hydrogen-bond acceptors (Lipinski definition) is 5. The molecule has 8 heteroatoms. The highest BCUT2D eigenvalue weighted by atomic mass is 16.6. The minimum atomic E-state index is -0.584. The van der Waals surface area contributed by atoms with Crippen molar-refractivity contribution in [3.05, 3.63) is 66.9 Å². The minimum absolute atomic E-state index is 0.139. The molecule has 0 aliphatic heterocycles. The summed E-state index contributed by atoms with van der Waals surface area (Å²) in [4.78, 5) is 35.6. The Morgan fingerprint density at radius 3 is 2.10 bits per heavy atom. The number of nitro groups is 2. The van der Waals surface area contributed by atoms with Crippen LogP contribution < -0.4 is 5.43 Å². The van der Waals surface area contributed by atoms with Crippen LogP contribution in [-0.2, 0) is 0 Å². The number of fused-ring (bicyclic) bond motifs is 2. The molecule has 0 saturated carbocycles. The van der Waals surface area contributed by atoms with Crippen molar-refractivity contribution in [1.82, 2.24) is 4.98 Å². The van der Waals surface area contributed by atoms with E-state index in [-0.39, 0.29) is 22.1 Å². The Hall–Kier alpha value is -3.29. The highest BCUT2D eigenvalue weighted by Gasteiger charge is 2.13. The van der Waals surface area contributed by atoms with Gasteiger partial charge in [-0.2, -0.15) is 0 Å². The van der Waals surface area contributed by atoms with E-state index in [0.717, 1.165) is 0 Å². The lowest BCUT2D eigenvalue weighted by atomic mass is 10.1. The molecular formula is C13H7N3O5. The molecule has 3 aromatic rings. The van der Waals surface area contributed by atoms with Crippen molar-refractivity contribution < 1.29 is 9.85 Å². The van der Waals surface area contributed by atoms with Crippen molar-refractivity contribution in [1.29, 1.82) is 0 Å².